The summed E-state index contributed by atoms with van der Waals surface area (Å²) in [7, 11) is 1.76. The number of aromatic nitrogens is 1. The Morgan fingerprint density at radius 2 is 2.39 bits per heavy atom. The third kappa shape index (κ3) is 3.92. The molecule has 102 valence electrons. The fourth-order valence-electron chi connectivity index (χ4n) is 2.17. The van der Waals surface area contributed by atoms with Crippen LogP contribution in [0.15, 0.2) is 5.38 Å². The predicted molar refractivity (Wildman–Crippen MR) is 76.1 cm³/mol. The summed E-state index contributed by atoms with van der Waals surface area (Å²) in [5, 5.41) is 3.22. The van der Waals surface area contributed by atoms with Crippen LogP contribution in [0, 0.1) is 5.92 Å². The highest BCUT2D eigenvalue weighted by Crippen LogP contribution is 2.35. The van der Waals surface area contributed by atoms with E-state index in [2.05, 4.69) is 22.2 Å². The van der Waals surface area contributed by atoms with Crippen LogP contribution in [0.5, 0.6) is 0 Å². The first kappa shape index (κ1) is 14.3. The molecule has 3 nitrogen and oxygen atoms in total. The van der Waals surface area contributed by atoms with Crippen LogP contribution in [0.1, 0.15) is 30.5 Å². The number of rotatable bonds is 8. The van der Waals surface area contributed by atoms with Crippen LogP contribution >= 0.6 is 22.9 Å². The third-order valence-electron chi connectivity index (χ3n) is 3.54. The van der Waals surface area contributed by atoms with Crippen molar-refractivity contribution in [3.05, 3.63) is 16.1 Å². The number of alkyl halides is 1. The largest absolute Gasteiger partial charge is 0.383 e. The van der Waals surface area contributed by atoms with E-state index in [-0.39, 0.29) is 0 Å². The van der Waals surface area contributed by atoms with Gasteiger partial charge in [0.2, 0.25) is 0 Å². The number of halogens is 1. The molecule has 18 heavy (non-hydrogen) atoms. The Kier molecular flexibility index (Phi) is 5.42. The Morgan fingerprint density at radius 1 is 1.61 bits per heavy atom. The molecule has 0 bridgehead atoms. The molecule has 1 heterocycles. The van der Waals surface area contributed by atoms with Crippen LogP contribution in [-0.4, -0.2) is 36.2 Å². The van der Waals surface area contributed by atoms with E-state index in [1.165, 1.54) is 12.8 Å². The van der Waals surface area contributed by atoms with E-state index in [0.717, 1.165) is 36.3 Å². The molecule has 1 atom stereocenters. The van der Waals surface area contributed by atoms with E-state index < -0.39 is 0 Å². The van der Waals surface area contributed by atoms with E-state index >= 15 is 0 Å². The molecular formula is C13H21ClN2OS. The lowest BCUT2D eigenvalue weighted by atomic mass is 10.2. The molecule has 1 saturated carbocycles. The lowest BCUT2D eigenvalue weighted by Gasteiger charge is -2.28. The molecule has 0 N–H and O–H groups in total. The monoisotopic (exact) mass is 288 g/mol. The quantitative estimate of drug-likeness (QED) is 0.687. The fourth-order valence-corrected chi connectivity index (χ4v) is 3.22. The lowest BCUT2D eigenvalue weighted by Crippen LogP contribution is -2.36. The first-order valence-corrected chi connectivity index (χ1v) is 7.88. The van der Waals surface area contributed by atoms with Gasteiger partial charge in [-0.1, -0.05) is 0 Å². The third-order valence-corrected chi connectivity index (χ3v) is 4.69. The van der Waals surface area contributed by atoms with Crippen molar-refractivity contribution < 1.29 is 4.74 Å². The molecular weight excluding hydrogens is 268 g/mol. The van der Waals surface area contributed by atoms with Gasteiger partial charge >= 0.3 is 0 Å². The van der Waals surface area contributed by atoms with Gasteiger partial charge in [0.15, 0.2) is 0 Å². The zero-order chi connectivity index (χ0) is 13.0. The van der Waals surface area contributed by atoms with Gasteiger partial charge in [-0.05, 0) is 25.7 Å². The Hall–Kier alpha value is -0.160. The van der Waals surface area contributed by atoms with E-state index in [9.17, 15) is 0 Å². The molecule has 1 aliphatic rings. The molecule has 0 spiro atoms. The van der Waals surface area contributed by atoms with Crippen LogP contribution < -0.4 is 0 Å². The van der Waals surface area contributed by atoms with E-state index in [1.807, 2.05) is 0 Å². The van der Waals surface area contributed by atoms with Gasteiger partial charge in [-0.3, -0.25) is 4.90 Å². The number of ether oxygens (including phenoxy) is 1. The number of thiazole rings is 1. The van der Waals surface area contributed by atoms with Crippen LogP contribution in [0.2, 0.25) is 0 Å². The standard InChI is InChI=1S/C13H21ClN2OS/c1-10(11-3-4-11)16(5-6-17-2)8-13-15-12(7-14)9-18-13/h9-11H,3-8H2,1-2H3. The highest BCUT2D eigenvalue weighted by molar-refractivity contribution is 7.09. The summed E-state index contributed by atoms with van der Waals surface area (Å²) in [6.07, 6.45) is 2.74. The average molecular weight is 289 g/mol. The van der Waals surface area contributed by atoms with Crippen LogP contribution in [-0.2, 0) is 17.2 Å². The molecule has 0 aromatic carbocycles. The second-order valence-corrected chi connectivity index (χ2v) is 6.12. The molecule has 0 saturated heterocycles. The second kappa shape index (κ2) is 6.85. The van der Waals surface area contributed by atoms with Crippen molar-refractivity contribution >= 4 is 22.9 Å². The zero-order valence-electron chi connectivity index (χ0n) is 11.1. The van der Waals surface area contributed by atoms with Crippen molar-refractivity contribution in [3.63, 3.8) is 0 Å². The summed E-state index contributed by atoms with van der Waals surface area (Å²) in [6.45, 7) is 5.00. The smallest absolute Gasteiger partial charge is 0.107 e. The minimum atomic E-state index is 0.507. The molecule has 1 fully saturated rings. The lowest BCUT2D eigenvalue weighted by molar-refractivity contribution is 0.111. The van der Waals surface area contributed by atoms with Crippen LogP contribution in [0.4, 0.5) is 0 Å². The number of hydrogen-bond donors (Lipinski definition) is 0. The maximum absolute atomic E-state index is 5.79. The minimum Gasteiger partial charge on any atom is -0.383 e. The summed E-state index contributed by atoms with van der Waals surface area (Å²) in [4.78, 5) is 7.03. The van der Waals surface area contributed by atoms with Crippen molar-refractivity contribution in [1.82, 2.24) is 9.88 Å². The van der Waals surface area contributed by atoms with Crippen molar-refractivity contribution in [2.75, 3.05) is 20.3 Å². The zero-order valence-corrected chi connectivity index (χ0v) is 12.6. The van der Waals surface area contributed by atoms with Crippen molar-refractivity contribution in [3.8, 4) is 0 Å². The average Bonchev–Trinajstić information content (AvgIpc) is 3.14. The topological polar surface area (TPSA) is 25.4 Å². The van der Waals surface area contributed by atoms with Gasteiger partial charge in [0, 0.05) is 25.1 Å². The summed E-state index contributed by atoms with van der Waals surface area (Å²) in [5.74, 6) is 1.38. The number of methoxy groups -OCH3 is 1. The Morgan fingerprint density at radius 3 is 2.94 bits per heavy atom. The molecule has 0 radical (unpaired) electrons. The number of hydrogen-bond acceptors (Lipinski definition) is 4. The molecule has 0 aliphatic heterocycles. The van der Waals surface area contributed by atoms with Crippen molar-refractivity contribution in [2.24, 2.45) is 5.92 Å². The molecule has 0 amide bonds. The molecule has 1 aromatic rings. The van der Waals surface area contributed by atoms with E-state index in [0.29, 0.717) is 11.9 Å². The first-order chi connectivity index (χ1) is 8.74. The van der Waals surface area contributed by atoms with Crippen LogP contribution in [0.3, 0.4) is 0 Å². The van der Waals surface area contributed by atoms with Gasteiger partial charge in [0.25, 0.3) is 0 Å². The van der Waals surface area contributed by atoms with E-state index in [1.54, 1.807) is 18.4 Å². The Labute approximate surface area is 118 Å². The Bertz CT molecular complexity index is 368. The van der Waals surface area contributed by atoms with Gasteiger partial charge in [0.05, 0.1) is 24.7 Å². The van der Waals surface area contributed by atoms with Gasteiger partial charge in [-0.25, -0.2) is 4.98 Å². The van der Waals surface area contributed by atoms with Crippen molar-refractivity contribution in [1.29, 1.82) is 0 Å². The van der Waals surface area contributed by atoms with Crippen molar-refractivity contribution in [2.45, 2.75) is 38.2 Å². The van der Waals surface area contributed by atoms with Gasteiger partial charge in [-0.15, -0.1) is 22.9 Å². The molecule has 5 heteroatoms. The fraction of sp³-hybridized carbons (Fsp3) is 0.769. The first-order valence-electron chi connectivity index (χ1n) is 6.46. The minimum absolute atomic E-state index is 0.507. The highest BCUT2D eigenvalue weighted by Gasteiger charge is 2.32. The maximum Gasteiger partial charge on any atom is 0.107 e. The molecule has 1 aliphatic carbocycles. The normalized spacial score (nSPS) is 17.3. The summed E-state index contributed by atoms with van der Waals surface area (Å²) in [5.41, 5.74) is 0.988. The van der Waals surface area contributed by atoms with Gasteiger partial charge in [0.1, 0.15) is 5.01 Å². The SMILES string of the molecule is COCCN(Cc1nc(CCl)cs1)C(C)C1CC1. The number of nitrogens with zero attached hydrogens (tertiary/aromatic N) is 2. The maximum atomic E-state index is 5.79. The summed E-state index contributed by atoms with van der Waals surface area (Å²) >= 11 is 7.50. The molecule has 1 unspecified atom stereocenters. The predicted octanol–water partition coefficient (Wildman–Crippen LogP) is 3.13. The molecule has 2 rings (SSSR count). The molecule has 1 aromatic heterocycles. The second-order valence-electron chi connectivity index (χ2n) is 4.91. The van der Waals surface area contributed by atoms with Crippen LogP contribution in [0.25, 0.3) is 0 Å². The summed E-state index contributed by atoms with van der Waals surface area (Å²) < 4.78 is 5.21. The van der Waals surface area contributed by atoms with Gasteiger partial charge < -0.3 is 4.74 Å². The van der Waals surface area contributed by atoms with E-state index in [4.69, 9.17) is 16.3 Å². The summed E-state index contributed by atoms with van der Waals surface area (Å²) in [6, 6.07) is 0.628. The van der Waals surface area contributed by atoms with Gasteiger partial charge in [-0.2, -0.15) is 0 Å². The highest BCUT2D eigenvalue weighted by atomic mass is 35.5. The Balaban J connectivity index is 1.94.